The van der Waals surface area contributed by atoms with Gasteiger partial charge in [0.15, 0.2) is 0 Å². The van der Waals surface area contributed by atoms with Crippen LogP contribution in [-0.4, -0.2) is 17.5 Å². The SMILES string of the molecule is CCC(C)CSCC(C)N. The molecule has 1 nitrogen and oxygen atoms in total. The highest BCUT2D eigenvalue weighted by atomic mass is 32.2. The quantitative estimate of drug-likeness (QED) is 0.668. The minimum absolute atomic E-state index is 0.356. The number of hydrogen-bond acceptors (Lipinski definition) is 2. The molecular formula is C8H19NS. The summed E-state index contributed by atoms with van der Waals surface area (Å²) in [6.07, 6.45) is 1.28. The van der Waals surface area contributed by atoms with Crippen LogP contribution in [0.2, 0.25) is 0 Å². The van der Waals surface area contributed by atoms with E-state index in [0.29, 0.717) is 6.04 Å². The molecule has 0 amide bonds. The second-order valence-corrected chi connectivity index (χ2v) is 4.10. The molecule has 0 bridgehead atoms. The smallest absolute Gasteiger partial charge is 0.0101 e. The fourth-order valence-corrected chi connectivity index (χ4v) is 1.72. The van der Waals surface area contributed by atoms with Crippen molar-refractivity contribution in [2.75, 3.05) is 11.5 Å². The van der Waals surface area contributed by atoms with Gasteiger partial charge in [0, 0.05) is 11.8 Å². The van der Waals surface area contributed by atoms with E-state index in [2.05, 4.69) is 20.8 Å². The van der Waals surface area contributed by atoms with Crippen molar-refractivity contribution >= 4 is 11.8 Å². The van der Waals surface area contributed by atoms with Crippen LogP contribution in [0.1, 0.15) is 27.2 Å². The van der Waals surface area contributed by atoms with Crippen LogP contribution in [0.15, 0.2) is 0 Å². The average Bonchev–Trinajstić information content (AvgIpc) is 1.87. The van der Waals surface area contributed by atoms with E-state index in [-0.39, 0.29) is 0 Å². The Morgan fingerprint density at radius 1 is 1.30 bits per heavy atom. The van der Waals surface area contributed by atoms with E-state index in [1.165, 1.54) is 12.2 Å². The van der Waals surface area contributed by atoms with Crippen LogP contribution in [0.5, 0.6) is 0 Å². The van der Waals surface area contributed by atoms with Gasteiger partial charge in [-0.05, 0) is 18.6 Å². The van der Waals surface area contributed by atoms with E-state index < -0.39 is 0 Å². The summed E-state index contributed by atoms with van der Waals surface area (Å²) in [5.74, 6) is 3.21. The predicted octanol–water partition coefficient (Wildman–Crippen LogP) is 2.11. The minimum atomic E-state index is 0.356. The third-order valence-corrected chi connectivity index (χ3v) is 3.05. The number of nitrogens with two attached hydrogens (primary N) is 1. The van der Waals surface area contributed by atoms with Crippen molar-refractivity contribution in [2.24, 2.45) is 11.7 Å². The molecule has 0 aromatic carbocycles. The van der Waals surface area contributed by atoms with Crippen molar-refractivity contribution in [3.8, 4) is 0 Å². The third-order valence-electron chi connectivity index (χ3n) is 1.48. The Hall–Kier alpha value is 0.310. The number of thioether (sulfide) groups is 1. The second kappa shape index (κ2) is 6.05. The maximum absolute atomic E-state index is 5.60. The van der Waals surface area contributed by atoms with Gasteiger partial charge in [-0.1, -0.05) is 20.3 Å². The first kappa shape index (κ1) is 10.3. The van der Waals surface area contributed by atoms with Gasteiger partial charge in [-0.3, -0.25) is 0 Å². The molecule has 0 aliphatic heterocycles. The van der Waals surface area contributed by atoms with Gasteiger partial charge in [-0.15, -0.1) is 0 Å². The predicted molar refractivity (Wildman–Crippen MR) is 50.4 cm³/mol. The van der Waals surface area contributed by atoms with E-state index >= 15 is 0 Å². The molecule has 0 heterocycles. The number of rotatable bonds is 5. The lowest BCUT2D eigenvalue weighted by atomic mass is 10.2. The fourth-order valence-electron chi connectivity index (χ4n) is 0.573. The summed E-state index contributed by atoms with van der Waals surface area (Å²) >= 11 is 1.97. The Labute approximate surface area is 68.8 Å². The Morgan fingerprint density at radius 3 is 2.30 bits per heavy atom. The molecule has 0 aliphatic carbocycles. The van der Waals surface area contributed by atoms with Gasteiger partial charge < -0.3 is 5.73 Å². The van der Waals surface area contributed by atoms with E-state index in [0.717, 1.165) is 11.7 Å². The zero-order chi connectivity index (χ0) is 7.98. The normalized spacial score (nSPS) is 16.8. The highest BCUT2D eigenvalue weighted by Crippen LogP contribution is 2.11. The maximum atomic E-state index is 5.60. The van der Waals surface area contributed by atoms with Crippen LogP contribution in [0.4, 0.5) is 0 Å². The Balaban J connectivity index is 3.03. The summed E-state index contributed by atoms with van der Waals surface area (Å²) in [5.41, 5.74) is 5.60. The van der Waals surface area contributed by atoms with E-state index in [1.54, 1.807) is 0 Å². The maximum Gasteiger partial charge on any atom is 0.0101 e. The largest absolute Gasteiger partial charge is 0.327 e. The van der Waals surface area contributed by atoms with E-state index in [4.69, 9.17) is 5.73 Å². The van der Waals surface area contributed by atoms with Crippen LogP contribution in [0.3, 0.4) is 0 Å². The monoisotopic (exact) mass is 161 g/mol. The molecule has 0 spiro atoms. The molecule has 0 saturated carbocycles. The molecule has 0 aromatic rings. The molecule has 2 N–H and O–H groups in total. The van der Waals surface area contributed by atoms with Gasteiger partial charge in [0.05, 0.1) is 0 Å². The molecule has 2 unspecified atom stereocenters. The standard InChI is InChI=1S/C8H19NS/c1-4-7(2)5-10-6-8(3)9/h7-8H,4-6,9H2,1-3H3. The van der Waals surface area contributed by atoms with Crippen LogP contribution in [0, 0.1) is 5.92 Å². The lowest BCUT2D eigenvalue weighted by molar-refractivity contribution is 0.636. The minimum Gasteiger partial charge on any atom is -0.327 e. The molecule has 0 aliphatic rings. The van der Waals surface area contributed by atoms with Gasteiger partial charge in [-0.2, -0.15) is 11.8 Å². The Kier molecular flexibility index (Phi) is 6.24. The molecule has 0 radical (unpaired) electrons. The van der Waals surface area contributed by atoms with Gasteiger partial charge >= 0.3 is 0 Å². The van der Waals surface area contributed by atoms with Crippen LogP contribution in [-0.2, 0) is 0 Å². The third kappa shape index (κ3) is 6.43. The van der Waals surface area contributed by atoms with Gasteiger partial charge in [0.1, 0.15) is 0 Å². The van der Waals surface area contributed by atoms with Crippen molar-refractivity contribution in [3.63, 3.8) is 0 Å². The number of hydrogen-bond donors (Lipinski definition) is 1. The lowest BCUT2D eigenvalue weighted by Crippen LogP contribution is -2.18. The molecular weight excluding hydrogens is 142 g/mol. The first-order valence-corrected chi connectivity index (χ1v) is 5.15. The Morgan fingerprint density at radius 2 is 1.90 bits per heavy atom. The summed E-state index contributed by atoms with van der Waals surface area (Å²) in [6, 6.07) is 0.356. The molecule has 0 aromatic heterocycles. The molecule has 0 fully saturated rings. The van der Waals surface area contributed by atoms with Gasteiger partial charge in [0.25, 0.3) is 0 Å². The molecule has 2 atom stereocenters. The summed E-state index contributed by atoms with van der Waals surface area (Å²) in [6.45, 7) is 6.58. The highest BCUT2D eigenvalue weighted by Gasteiger charge is 1.99. The summed E-state index contributed by atoms with van der Waals surface area (Å²) in [4.78, 5) is 0. The molecule has 10 heavy (non-hydrogen) atoms. The average molecular weight is 161 g/mol. The fraction of sp³-hybridized carbons (Fsp3) is 1.00. The summed E-state index contributed by atoms with van der Waals surface area (Å²) in [5, 5.41) is 0. The van der Waals surface area contributed by atoms with Crippen molar-refractivity contribution in [1.29, 1.82) is 0 Å². The van der Waals surface area contributed by atoms with E-state index in [9.17, 15) is 0 Å². The second-order valence-electron chi connectivity index (χ2n) is 3.03. The molecule has 0 rings (SSSR count). The van der Waals surface area contributed by atoms with Gasteiger partial charge in [0.2, 0.25) is 0 Å². The lowest BCUT2D eigenvalue weighted by Gasteiger charge is -2.08. The first-order valence-electron chi connectivity index (χ1n) is 4.00. The topological polar surface area (TPSA) is 26.0 Å². The highest BCUT2D eigenvalue weighted by molar-refractivity contribution is 7.99. The van der Waals surface area contributed by atoms with Crippen molar-refractivity contribution < 1.29 is 0 Å². The molecule has 2 heteroatoms. The van der Waals surface area contributed by atoms with Crippen molar-refractivity contribution in [1.82, 2.24) is 0 Å². The van der Waals surface area contributed by atoms with E-state index in [1.807, 2.05) is 11.8 Å². The van der Waals surface area contributed by atoms with Crippen LogP contribution < -0.4 is 5.73 Å². The van der Waals surface area contributed by atoms with Crippen molar-refractivity contribution in [2.45, 2.75) is 33.2 Å². The summed E-state index contributed by atoms with van der Waals surface area (Å²) in [7, 11) is 0. The zero-order valence-electron chi connectivity index (χ0n) is 7.26. The Bertz CT molecular complexity index is 73.7. The summed E-state index contributed by atoms with van der Waals surface area (Å²) < 4.78 is 0. The van der Waals surface area contributed by atoms with Crippen LogP contribution >= 0.6 is 11.8 Å². The van der Waals surface area contributed by atoms with Crippen LogP contribution in [0.25, 0.3) is 0 Å². The molecule has 0 saturated heterocycles. The van der Waals surface area contributed by atoms with Gasteiger partial charge in [-0.25, -0.2) is 0 Å². The van der Waals surface area contributed by atoms with Crippen molar-refractivity contribution in [3.05, 3.63) is 0 Å². The molecule has 62 valence electrons. The first-order chi connectivity index (χ1) is 4.66. The zero-order valence-corrected chi connectivity index (χ0v) is 8.08.